The van der Waals surface area contributed by atoms with Gasteiger partial charge in [-0.3, -0.25) is 14.2 Å². The van der Waals surface area contributed by atoms with Crippen LogP contribution in [-0.2, 0) is 30.8 Å². The van der Waals surface area contributed by atoms with Crippen LogP contribution in [0.2, 0.25) is 0 Å². The number of ether oxygens (including phenoxy) is 2. The maximum absolute atomic E-state index is 13.1. The highest BCUT2D eigenvalue weighted by Crippen LogP contribution is 2.26. The quantitative estimate of drug-likeness (QED) is 0.165. The molecule has 1 aliphatic heterocycles. The first-order chi connectivity index (χ1) is 23.1. The fourth-order valence-electron chi connectivity index (χ4n) is 4.92. The summed E-state index contributed by atoms with van der Waals surface area (Å²) in [6, 6.07) is 18.2. The Morgan fingerprint density at radius 1 is 0.938 bits per heavy atom. The highest BCUT2D eigenvalue weighted by Gasteiger charge is 2.26. The number of hydrogen-bond acceptors (Lipinski definition) is 10. The van der Waals surface area contributed by atoms with Crippen LogP contribution in [0.15, 0.2) is 76.8 Å². The number of aromatic nitrogens is 3. The van der Waals surface area contributed by atoms with E-state index in [1.54, 1.807) is 31.2 Å². The van der Waals surface area contributed by atoms with Gasteiger partial charge in [-0.05, 0) is 86.5 Å². The van der Waals surface area contributed by atoms with E-state index in [4.69, 9.17) is 9.47 Å². The van der Waals surface area contributed by atoms with E-state index in [9.17, 15) is 22.8 Å². The molecule has 0 spiro atoms. The van der Waals surface area contributed by atoms with E-state index < -0.39 is 21.9 Å². The smallest absolute Gasteiger partial charge is 0.338 e. The first-order valence-electron chi connectivity index (χ1n) is 15.2. The third-order valence-electron chi connectivity index (χ3n) is 7.45. The van der Waals surface area contributed by atoms with Gasteiger partial charge in [0.15, 0.2) is 11.0 Å². The molecule has 0 atom stereocenters. The van der Waals surface area contributed by atoms with Crippen molar-refractivity contribution in [3.63, 3.8) is 0 Å². The maximum atomic E-state index is 13.1. The number of amides is 2. The van der Waals surface area contributed by atoms with Gasteiger partial charge in [-0.2, -0.15) is 4.31 Å². The Morgan fingerprint density at radius 3 is 2.31 bits per heavy atom. The van der Waals surface area contributed by atoms with Crippen molar-refractivity contribution in [1.82, 2.24) is 24.4 Å². The number of hydrogen-bond donors (Lipinski definition) is 2. The van der Waals surface area contributed by atoms with Gasteiger partial charge in [0.1, 0.15) is 0 Å². The number of carbonyl (C=O) groups excluding carboxylic acids is 3. The Bertz CT molecular complexity index is 1890. The van der Waals surface area contributed by atoms with Crippen LogP contribution in [0.1, 0.15) is 44.6 Å². The summed E-state index contributed by atoms with van der Waals surface area (Å²) in [5, 5.41) is 14.8. The molecule has 2 N–H and O–H groups in total. The Kier molecular flexibility index (Phi) is 11.3. The summed E-state index contributed by atoms with van der Waals surface area (Å²) in [4.78, 5) is 38.0. The van der Waals surface area contributed by atoms with Crippen molar-refractivity contribution in [3.05, 3.63) is 94.8 Å². The first kappa shape index (κ1) is 34.8. The fourth-order valence-corrected chi connectivity index (χ4v) is 7.09. The number of morpholine rings is 1. The van der Waals surface area contributed by atoms with E-state index in [1.165, 1.54) is 40.3 Å². The van der Waals surface area contributed by atoms with Gasteiger partial charge in [-0.1, -0.05) is 23.9 Å². The van der Waals surface area contributed by atoms with Crippen molar-refractivity contribution in [2.75, 3.05) is 44.0 Å². The number of carbonyl (C=O) groups is 3. The lowest BCUT2D eigenvalue weighted by atomic mass is 10.1. The number of anilines is 1. The lowest BCUT2D eigenvalue weighted by Crippen LogP contribution is -2.40. The van der Waals surface area contributed by atoms with Crippen molar-refractivity contribution in [2.24, 2.45) is 0 Å². The van der Waals surface area contributed by atoms with E-state index >= 15 is 0 Å². The number of nitrogens with one attached hydrogen (secondary N) is 2. The van der Waals surface area contributed by atoms with Gasteiger partial charge in [0.05, 0.1) is 48.3 Å². The average Bonchev–Trinajstić information content (AvgIpc) is 3.50. The lowest BCUT2D eigenvalue weighted by Gasteiger charge is -2.26. The van der Waals surface area contributed by atoms with Crippen LogP contribution >= 0.6 is 11.8 Å². The zero-order valence-corrected chi connectivity index (χ0v) is 28.4. The highest BCUT2D eigenvalue weighted by molar-refractivity contribution is 7.99. The molecule has 1 fully saturated rings. The third-order valence-corrected chi connectivity index (χ3v) is 10.3. The fraction of sp³-hybridized carbons (Fsp3) is 0.303. The number of esters is 1. The summed E-state index contributed by atoms with van der Waals surface area (Å²) < 4.78 is 39.3. The summed E-state index contributed by atoms with van der Waals surface area (Å²) in [6.07, 6.45) is 0. The molecule has 0 unspecified atom stereocenters. The van der Waals surface area contributed by atoms with Crippen LogP contribution < -0.4 is 10.6 Å². The molecule has 3 aromatic carbocycles. The largest absolute Gasteiger partial charge is 0.462 e. The number of sulfonamides is 1. The first-order valence-corrected chi connectivity index (χ1v) is 17.7. The molecular formula is C33H36N6O7S2. The Hall–Kier alpha value is -4.57. The zero-order chi connectivity index (χ0) is 34.3. The molecule has 0 bridgehead atoms. The predicted molar refractivity (Wildman–Crippen MR) is 180 cm³/mol. The second kappa shape index (κ2) is 15.6. The molecular weight excluding hydrogens is 657 g/mol. The van der Waals surface area contributed by atoms with E-state index in [0.717, 1.165) is 16.8 Å². The molecule has 4 aromatic rings. The Morgan fingerprint density at radius 2 is 1.62 bits per heavy atom. The van der Waals surface area contributed by atoms with E-state index in [2.05, 4.69) is 20.8 Å². The van der Waals surface area contributed by atoms with Crippen LogP contribution in [0, 0.1) is 13.8 Å². The molecule has 5 rings (SSSR count). The minimum Gasteiger partial charge on any atom is -0.462 e. The second-order valence-corrected chi connectivity index (χ2v) is 13.8. The molecule has 1 aliphatic rings. The van der Waals surface area contributed by atoms with Crippen LogP contribution in [0.25, 0.3) is 5.69 Å². The normalized spacial score (nSPS) is 13.6. The van der Waals surface area contributed by atoms with E-state index in [0.29, 0.717) is 35.4 Å². The molecule has 1 aromatic heterocycles. The Balaban J connectivity index is 1.27. The summed E-state index contributed by atoms with van der Waals surface area (Å²) in [6.45, 7) is 7.18. The molecule has 1 saturated heterocycles. The molecule has 0 radical (unpaired) electrons. The molecule has 0 saturated carbocycles. The van der Waals surface area contributed by atoms with E-state index in [-0.39, 0.29) is 48.4 Å². The monoisotopic (exact) mass is 692 g/mol. The van der Waals surface area contributed by atoms with Gasteiger partial charge in [-0.25, -0.2) is 13.2 Å². The van der Waals surface area contributed by atoms with Crippen LogP contribution in [0.5, 0.6) is 0 Å². The summed E-state index contributed by atoms with van der Waals surface area (Å²) in [7, 11) is -3.69. The third kappa shape index (κ3) is 8.28. The average molecular weight is 693 g/mol. The number of thioether (sulfide) groups is 1. The topological polar surface area (TPSA) is 162 Å². The van der Waals surface area contributed by atoms with Gasteiger partial charge in [-0.15, -0.1) is 10.2 Å². The number of benzene rings is 3. The van der Waals surface area contributed by atoms with Crippen LogP contribution in [0.3, 0.4) is 0 Å². The van der Waals surface area contributed by atoms with Crippen molar-refractivity contribution in [3.8, 4) is 5.69 Å². The van der Waals surface area contributed by atoms with Gasteiger partial charge in [0, 0.05) is 24.3 Å². The Labute approximate surface area is 283 Å². The van der Waals surface area contributed by atoms with Crippen LogP contribution in [0.4, 0.5) is 5.69 Å². The van der Waals surface area contributed by atoms with Crippen molar-refractivity contribution < 1.29 is 32.3 Å². The van der Waals surface area contributed by atoms with Crippen molar-refractivity contribution >= 4 is 45.3 Å². The minimum atomic E-state index is -3.69. The standard InChI is InChI=1S/C33H36N6O7S2/c1-4-46-32(42)25-7-11-26(12-8-25)35-30(40)21-47-33-37-36-29(39(33)28-19-22(2)5-6-23(28)3)20-34-31(41)24-9-13-27(14-10-24)48(43,44)38-15-17-45-18-16-38/h5-14,19H,4,15-18,20-21H2,1-3H3,(H,34,41)(H,35,40). The summed E-state index contributed by atoms with van der Waals surface area (Å²) in [5.74, 6) is -0.663. The van der Waals surface area contributed by atoms with Crippen molar-refractivity contribution in [1.29, 1.82) is 0 Å². The molecule has 48 heavy (non-hydrogen) atoms. The molecule has 2 amide bonds. The molecule has 15 heteroatoms. The predicted octanol–water partition coefficient (Wildman–Crippen LogP) is 3.74. The zero-order valence-electron chi connectivity index (χ0n) is 26.8. The van der Waals surface area contributed by atoms with Gasteiger partial charge in [0.2, 0.25) is 15.9 Å². The number of rotatable bonds is 12. The second-order valence-electron chi connectivity index (χ2n) is 10.9. The number of aryl methyl sites for hydroxylation is 2. The molecule has 2 heterocycles. The number of nitrogens with zero attached hydrogens (tertiary/aromatic N) is 4. The maximum Gasteiger partial charge on any atom is 0.338 e. The summed E-state index contributed by atoms with van der Waals surface area (Å²) >= 11 is 1.19. The van der Waals surface area contributed by atoms with E-state index in [1.807, 2.05) is 36.6 Å². The minimum absolute atomic E-state index is 0.0205. The molecule has 252 valence electrons. The molecule has 0 aliphatic carbocycles. The summed E-state index contributed by atoms with van der Waals surface area (Å²) in [5.41, 5.74) is 3.96. The lowest BCUT2D eigenvalue weighted by molar-refractivity contribution is -0.113. The molecule has 13 nitrogen and oxygen atoms in total. The van der Waals surface area contributed by atoms with Gasteiger partial charge < -0.3 is 20.1 Å². The van der Waals surface area contributed by atoms with Crippen LogP contribution in [-0.4, -0.2) is 83.9 Å². The van der Waals surface area contributed by atoms with Crippen molar-refractivity contribution in [2.45, 2.75) is 37.4 Å². The van der Waals surface area contributed by atoms with Gasteiger partial charge >= 0.3 is 5.97 Å². The highest BCUT2D eigenvalue weighted by atomic mass is 32.2. The van der Waals surface area contributed by atoms with Gasteiger partial charge in [0.25, 0.3) is 5.91 Å². The SMILES string of the molecule is CCOC(=O)c1ccc(NC(=O)CSc2nnc(CNC(=O)c3ccc(S(=O)(=O)N4CCOCC4)cc3)n2-c2cc(C)ccc2C)cc1.